The Bertz CT molecular complexity index is 850. The third-order valence-electron chi connectivity index (χ3n) is 4.56. The van der Waals surface area contributed by atoms with Crippen molar-refractivity contribution in [1.82, 2.24) is 16.0 Å². The molecule has 154 valence electrons. The molecular formula is C21H23ClFN3O2S. The van der Waals surface area contributed by atoms with Gasteiger partial charge in [0, 0.05) is 36.2 Å². The molecule has 1 heterocycles. The van der Waals surface area contributed by atoms with Crippen molar-refractivity contribution >= 4 is 35.2 Å². The van der Waals surface area contributed by atoms with Gasteiger partial charge in [0.15, 0.2) is 0 Å². The number of amides is 2. The Morgan fingerprint density at radius 2 is 1.97 bits per heavy atom. The molecule has 2 unspecified atom stereocenters. The van der Waals surface area contributed by atoms with Crippen molar-refractivity contribution < 1.29 is 14.0 Å². The van der Waals surface area contributed by atoms with E-state index in [-0.39, 0.29) is 42.0 Å². The molecule has 0 spiro atoms. The summed E-state index contributed by atoms with van der Waals surface area (Å²) in [7, 11) is 0. The standard InChI is InChI=1S/C21H23ClFN3O2S/c22-16-7-5-14(6-8-16)9-10-24-19(27)11-17-12-20(28)26-21(25-17)29-13-15-3-1-2-4-18(15)23/h1-8,17,21,25H,9-13H2,(H,24,27)(H,26,28). The summed E-state index contributed by atoms with van der Waals surface area (Å²) in [6.45, 7) is 0.519. The first-order valence-corrected chi connectivity index (χ1v) is 10.8. The van der Waals surface area contributed by atoms with Gasteiger partial charge in [-0.1, -0.05) is 41.9 Å². The van der Waals surface area contributed by atoms with E-state index < -0.39 is 0 Å². The van der Waals surface area contributed by atoms with Gasteiger partial charge in [-0.25, -0.2) is 4.39 Å². The van der Waals surface area contributed by atoms with E-state index in [4.69, 9.17) is 11.6 Å². The second kappa shape index (κ2) is 10.6. The molecule has 2 amide bonds. The number of carbonyl (C=O) groups excluding carboxylic acids is 2. The fourth-order valence-corrected chi connectivity index (χ4v) is 4.26. The molecule has 0 aromatic heterocycles. The van der Waals surface area contributed by atoms with Gasteiger partial charge in [-0.2, -0.15) is 0 Å². The fourth-order valence-electron chi connectivity index (χ4n) is 3.05. The molecule has 1 fully saturated rings. The molecule has 0 aliphatic carbocycles. The molecule has 3 rings (SSSR count). The van der Waals surface area contributed by atoms with Gasteiger partial charge in [-0.05, 0) is 35.7 Å². The summed E-state index contributed by atoms with van der Waals surface area (Å²) in [6.07, 6.45) is 1.16. The number of benzene rings is 2. The average Bonchev–Trinajstić information content (AvgIpc) is 2.68. The van der Waals surface area contributed by atoms with Crippen LogP contribution in [0.3, 0.4) is 0 Å². The van der Waals surface area contributed by atoms with E-state index in [2.05, 4.69) is 16.0 Å². The molecule has 2 atom stereocenters. The van der Waals surface area contributed by atoms with Crippen LogP contribution in [-0.4, -0.2) is 29.9 Å². The van der Waals surface area contributed by atoms with Gasteiger partial charge < -0.3 is 10.6 Å². The lowest BCUT2D eigenvalue weighted by atomic mass is 10.1. The van der Waals surface area contributed by atoms with E-state index in [1.165, 1.54) is 17.8 Å². The summed E-state index contributed by atoms with van der Waals surface area (Å²) in [5.74, 6) is -0.0681. The van der Waals surface area contributed by atoms with Gasteiger partial charge in [-0.15, -0.1) is 11.8 Å². The second-order valence-electron chi connectivity index (χ2n) is 6.85. The molecule has 0 radical (unpaired) electrons. The maximum Gasteiger partial charge on any atom is 0.223 e. The van der Waals surface area contributed by atoms with Gasteiger partial charge in [0.05, 0.1) is 0 Å². The number of halogens is 2. The molecule has 2 aromatic rings. The van der Waals surface area contributed by atoms with Gasteiger partial charge in [0.25, 0.3) is 0 Å². The van der Waals surface area contributed by atoms with E-state index in [1.807, 2.05) is 24.3 Å². The SMILES string of the molecule is O=C(CC1CC(=O)NC(SCc2ccccc2F)N1)NCCc1ccc(Cl)cc1. The molecule has 5 nitrogen and oxygen atoms in total. The Balaban J connectivity index is 1.42. The molecule has 1 saturated heterocycles. The molecule has 0 saturated carbocycles. The zero-order valence-corrected chi connectivity index (χ0v) is 17.4. The quantitative estimate of drug-likeness (QED) is 0.595. The Morgan fingerprint density at radius 3 is 2.72 bits per heavy atom. The highest BCUT2D eigenvalue weighted by Crippen LogP contribution is 2.20. The first kappa shape index (κ1) is 21.6. The van der Waals surface area contributed by atoms with Gasteiger partial charge in [0.1, 0.15) is 11.3 Å². The van der Waals surface area contributed by atoms with Crippen LogP contribution in [0.25, 0.3) is 0 Å². The fraction of sp³-hybridized carbons (Fsp3) is 0.333. The number of thioether (sulfide) groups is 1. The Hall–Kier alpha value is -2.09. The topological polar surface area (TPSA) is 70.2 Å². The smallest absolute Gasteiger partial charge is 0.223 e. The van der Waals surface area contributed by atoms with E-state index in [0.29, 0.717) is 29.3 Å². The van der Waals surface area contributed by atoms with Crippen molar-refractivity contribution in [3.8, 4) is 0 Å². The highest BCUT2D eigenvalue weighted by Gasteiger charge is 2.27. The van der Waals surface area contributed by atoms with Crippen molar-refractivity contribution in [1.29, 1.82) is 0 Å². The molecule has 1 aliphatic heterocycles. The third kappa shape index (κ3) is 7.03. The molecule has 29 heavy (non-hydrogen) atoms. The molecule has 2 aromatic carbocycles. The highest BCUT2D eigenvalue weighted by molar-refractivity contribution is 7.99. The third-order valence-corrected chi connectivity index (χ3v) is 5.87. The number of hydrogen-bond acceptors (Lipinski definition) is 4. The maximum absolute atomic E-state index is 13.7. The van der Waals surface area contributed by atoms with Crippen LogP contribution in [0.4, 0.5) is 4.39 Å². The lowest BCUT2D eigenvalue weighted by molar-refractivity contribution is -0.125. The van der Waals surface area contributed by atoms with E-state index in [0.717, 1.165) is 5.56 Å². The summed E-state index contributed by atoms with van der Waals surface area (Å²) in [6, 6.07) is 13.8. The predicted octanol–water partition coefficient (Wildman–Crippen LogP) is 3.22. The molecule has 8 heteroatoms. The molecule has 3 N–H and O–H groups in total. The number of carbonyl (C=O) groups is 2. The Morgan fingerprint density at radius 1 is 1.21 bits per heavy atom. The summed E-state index contributed by atoms with van der Waals surface area (Å²) in [5.41, 5.74) is 1.31. The van der Waals surface area contributed by atoms with Crippen LogP contribution in [0, 0.1) is 5.82 Å². The molecule has 0 bridgehead atoms. The van der Waals surface area contributed by atoms with Crippen molar-refractivity contribution in [3.05, 3.63) is 70.5 Å². The monoisotopic (exact) mass is 435 g/mol. The van der Waals surface area contributed by atoms with E-state index in [9.17, 15) is 14.0 Å². The van der Waals surface area contributed by atoms with Crippen LogP contribution < -0.4 is 16.0 Å². The van der Waals surface area contributed by atoms with Crippen LogP contribution in [0.2, 0.25) is 5.02 Å². The van der Waals surface area contributed by atoms with Crippen LogP contribution in [0.15, 0.2) is 48.5 Å². The average molecular weight is 436 g/mol. The number of hydrogen-bond donors (Lipinski definition) is 3. The summed E-state index contributed by atoms with van der Waals surface area (Å²) < 4.78 is 13.7. The zero-order chi connectivity index (χ0) is 20.6. The van der Waals surface area contributed by atoms with Gasteiger partial charge >= 0.3 is 0 Å². The first-order valence-electron chi connectivity index (χ1n) is 9.41. The van der Waals surface area contributed by atoms with Crippen LogP contribution in [0.5, 0.6) is 0 Å². The zero-order valence-electron chi connectivity index (χ0n) is 15.8. The van der Waals surface area contributed by atoms with Crippen molar-refractivity contribution in [2.75, 3.05) is 6.54 Å². The highest BCUT2D eigenvalue weighted by atomic mass is 35.5. The Kier molecular flexibility index (Phi) is 7.91. The van der Waals surface area contributed by atoms with Crippen molar-refractivity contribution in [2.45, 2.75) is 36.6 Å². The van der Waals surface area contributed by atoms with Crippen LogP contribution >= 0.6 is 23.4 Å². The number of rotatable bonds is 8. The lowest BCUT2D eigenvalue weighted by Crippen LogP contribution is -2.55. The van der Waals surface area contributed by atoms with Crippen LogP contribution in [-0.2, 0) is 21.8 Å². The van der Waals surface area contributed by atoms with Crippen LogP contribution in [0.1, 0.15) is 24.0 Å². The maximum atomic E-state index is 13.7. The van der Waals surface area contributed by atoms with E-state index >= 15 is 0 Å². The summed E-state index contributed by atoms with van der Waals surface area (Å²) in [4.78, 5) is 24.2. The van der Waals surface area contributed by atoms with Gasteiger partial charge in [0.2, 0.25) is 11.8 Å². The minimum atomic E-state index is -0.359. The van der Waals surface area contributed by atoms with Gasteiger partial charge in [-0.3, -0.25) is 14.9 Å². The summed E-state index contributed by atoms with van der Waals surface area (Å²) >= 11 is 7.25. The predicted molar refractivity (Wildman–Crippen MR) is 114 cm³/mol. The van der Waals surface area contributed by atoms with Crippen molar-refractivity contribution in [2.24, 2.45) is 0 Å². The lowest BCUT2D eigenvalue weighted by Gasteiger charge is -2.31. The second-order valence-corrected chi connectivity index (χ2v) is 8.38. The first-order chi connectivity index (χ1) is 14.0. The van der Waals surface area contributed by atoms with Crippen molar-refractivity contribution in [3.63, 3.8) is 0 Å². The Labute approximate surface area is 178 Å². The largest absolute Gasteiger partial charge is 0.356 e. The molecule has 1 aliphatic rings. The number of nitrogens with one attached hydrogen (secondary N) is 3. The molecular weight excluding hydrogens is 413 g/mol. The minimum absolute atomic E-state index is 0.107. The minimum Gasteiger partial charge on any atom is -0.356 e. The van der Waals surface area contributed by atoms with E-state index in [1.54, 1.807) is 18.2 Å². The summed E-state index contributed by atoms with van der Waals surface area (Å²) in [5, 5.41) is 9.65. The normalized spacial score (nSPS) is 18.9.